The number of aromatic nitrogens is 4. The zero-order valence-electron chi connectivity index (χ0n) is 13.2. The highest BCUT2D eigenvalue weighted by atomic mass is 32.2. The highest BCUT2D eigenvalue weighted by molar-refractivity contribution is 7.99. The van der Waals surface area contributed by atoms with Crippen molar-refractivity contribution in [3.05, 3.63) is 32.1 Å². The van der Waals surface area contributed by atoms with Crippen LogP contribution in [-0.4, -0.2) is 31.3 Å². The summed E-state index contributed by atoms with van der Waals surface area (Å²) in [4.78, 5) is 33.5. The predicted octanol–water partition coefficient (Wildman–Crippen LogP) is 2.71. The van der Waals surface area contributed by atoms with Crippen molar-refractivity contribution in [3.8, 4) is 0 Å². The first-order valence-electron chi connectivity index (χ1n) is 7.13. The molecule has 3 aromatic heterocycles. The molecule has 0 aromatic carbocycles. The van der Waals surface area contributed by atoms with Crippen LogP contribution in [-0.2, 0) is 10.5 Å². The number of aromatic amines is 1. The molecule has 0 aliphatic rings. The van der Waals surface area contributed by atoms with E-state index in [1.54, 1.807) is 12.4 Å². The van der Waals surface area contributed by atoms with E-state index in [4.69, 9.17) is 0 Å². The molecule has 0 bridgehead atoms. The highest BCUT2D eigenvalue weighted by Crippen LogP contribution is 2.26. The number of aryl methyl sites for hydroxylation is 2. The number of rotatable bonds is 5. The van der Waals surface area contributed by atoms with Gasteiger partial charge in [-0.2, -0.15) is 0 Å². The van der Waals surface area contributed by atoms with Crippen LogP contribution in [0, 0.1) is 13.8 Å². The number of thioether (sulfide) groups is 1. The largest absolute Gasteiger partial charge is 0.309 e. The molecule has 3 aromatic rings. The third-order valence-corrected chi connectivity index (χ3v) is 6.38. The van der Waals surface area contributed by atoms with Gasteiger partial charge in [-0.25, -0.2) is 4.98 Å². The van der Waals surface area contributed by atoms with E-state index >= 15 is 0 Å². The number of hydrogen-bond acceptors (Lipinski definition) is 8. The summed E-state index contributed by atoms with van der Waals surface area (Å²) in [5.74, 6) is 0.878. The molecule has 0 saturated carbocycles. The Morgan fingerprint density at radius 1 is 1.46 bits per heavy atom. The van der Waals surface area contributed by atoms with Gasteiger partial charge in [-0.15, -0.1) is 33.3 Å². The Balaban J connectivity index is 1.69. The Labute approximate surface area is 149 Å². The molecule has 126 valence electrons. The molecule has 1 amide bonds. The summed E-state index contributed by atoms with van der Waals surface area (Å²) in [5, 5.41) is 11.0. The van der Waals surface area contributed by atoms with E-state index in [9.17, 15) is 9.59 Å². The summed E-state index contributed by atoms with van der Waals surface area (Å²) < 4.78 is 0. The van der Waals surface area contributed by atoms with Crippen LogP contribution in [0.1, 0.15) is 23.2 Å². The standard InChI is InChI=1S/C14H15N5O2S3/c1-6-7(2)24-13-10(6)12(21)16-9(17-13)4-22-8(3)11(20)18-14-19-15-5-23-14/h5,8H,4H2,1-3H3,(H,16,17,21)(H,18,19,20). The molecule has 24 heavy (non-hydrogen) atoms. The number of fused-ring (bicyclic) bond motifs is 1. The second-order valence-electron chi connectivity index (χ2n) is 5.16. The molecular weight excluding hydrogens is 366 g/mol. The van der Waals surface area contributed by atoms with Crippen molar-refractivity contribution in [1.82, 2.24) is 20.2 Å². The smallest absolute Gasteiger partial charge is 0.259 e. The van der Waals surface area contributed by atoms with Crippen LogP contribution in [0.3, 0.4) is 0 Å². The predicted molar refractivity (Wildman–Crippen MR) is 99.0 cm³/mol. The summed E-state index contributed by atoms with van der Waals surface area (Å²) in [6.07, 6.45) is 0. The van der Waals surface area contributed by atoms with Gasteiger partial charge in [0, 0.05) is 4.88 Å². The summed E-state index contributed by atoms with van der Waals surface area (Å²) in [6.45, 7) is 5.71. The van der Waals surface area contributed by atoms with Gasteiger partial charge in [0.05, 0.1) is 16.4 Å². The number of thiophene rings is 1. The third-order valence-electron chi connectivity index (χ3n) is 3.52. The fourth-order valence-corrected chi connectivity index (χ4v) is 4.33. The minimum absolute atomic E-state index is 0.122. The lowest BCUT2D eigenvalue weighted by Crippen LogP contribution is -2.23. The summed E-state index contributed by atoms with van der Waals surface area (Å²) in [5.41, 5.74) is 2.42. The van der Waals surface area contributed by atoms with Crippen molar-refractivity contribution < 1.29 is 4.79 Å². The van der Waals surface area contributed by atoms with Crippen molar-refractivity contribution in [2.45, 2.75) is 31.8 Å². The van der Waals surface area contributed by atoms with Crippen molar-refractivity contribution in [1.29, 1.82) is 0 Å². The van der Waals surface area contributed by atoms with Crippen molar-refractivity contribution >= 4 is 55.7 Å². The van der Waals surface area contributed by atoms with Crippen LogP contribution in [0.15, 0.2) is 10.3 Å². The first-order valence-corrected chi connectivity index (χ1v) is 9.87. The van der Waals surface area contributed by atoms with Gasteiger partial charge in [-0.1, -0.05) is 11.3 Å². The molecular formula is C14H15N5O2S3. The molecule has 7 nitrogen and oxygen atoms in total. The van der Waals surface area contributed by atoms with Gasteiger partial charge in [-0.05, 0) is 26.3 Å². The third kappa shape index (κ3) is 3.50. The van der Waals surface area contributed by atoms with E-state index in [-0.39, 0.29) is 16.7 Å². The van der Waals surface area contributed by atoms with E-state index in [0.29, 0.717) is 22.1 Å². The lowest BCUT2D eigenvalue weighted by Gasteiger charge is -2.09. The molecule has 3 heterocycles. The van der Waals surface area contributed by atoms with Gasteiger partial charge in [0.15, 0.2) is 0 Å². The summed E-state index contributed by atoms with van der Waals surface area (Å²) in [6, 6.07) is 0. The number of nitrogens with zero attached hydrogens (tertiary/aromatic N) is 3. The van der Waals surface area contributed by atoms with Gasteiger partial charge in [0.25, 0.3) is 5.56 Å². The van der Waals surface area contributed by atoms with Crippen LogP contribution in [0.2, 0.25) is 0 Å². The molecule has 0 fully saturated rings. The quantitative estimate of drug-likeness (QED) is 0.705. The summed E-state index contributed by atoms with van der Waals surface area (Å²) in [7, 11) is 0. The first-order chi connectivity index (χ1) is 11.5. The Kier molecular flexibility index (Phi) is 4.97. The number of carbonyl (C=O) groups excluding carboxylic acids is 1. The minimum atomic E-state index is -0.304. The van der Waals surface area contributed by atoms with Crippen LogP contribution in [0.4, 0.5) is 5.13 Å². The maximum absolute atomic E-state index is 12.2. The number of anilines is 1. The summed E-state index contributed by atoms with van der Waals surface area (Å²) >= 11 is 4.19. The van der Waals surface area contributed by atoms with Gasteiger partial charge in [0.2, 0.25) is 11.0 Å². The number of carbonyl (C=O) groups is 1. The molecule has 1 atom stereocenters. The highest BCUT2D eigenvalue weighted by Gasteiger charge is 2.17. The first kappa shape index (κ1) is 17.1. The van der Waals surface area contributed by atoms with Gasteiger partial charge in [0.1, 0.15) is 16.2 Å². The average Bonchev–Trinajstić information content (AvgIpc) is 3.13. The fraction of sp³-hybridized carbons (Fsp3) is 0.357. The Hall–Kier alpha value is -1.78. The molecule has 0 radical (unpaired) electrons. The molecule has 0 aliphatic carbocycles. The Morgan fingerprint density at radius 2 is 2.25 bits per heavy atom. The van der Waals surface area contributed by atoms with E-state index in [0.717, 1.165) is 15.3 Å². The van der Waals surface area contributed by atoms with Crippen LogP contribution in [0.5, 0.6) is 0 Å². The Morgan fingerprint density at radius 3 is 2.96 bits per heavy atom. The van der Waals surface area contributed by atoms with Crippen molar-refractivity contribution in [2.75, 3.05) is 5.32 Å². The van der Waals surface area contributed by atoms with Crippen molar-refractivity contribution in [3.63, 3.8) is 0 Å². The molecule has 0 saturated heterocycles. The second kappa shape index (κ2) is 6.99. The normalized spacial score (nSPS) is 12.5. The van der Waals surface area contributed by atoms with Gasteiger partial charge in [-0.3, -0.25) is 14.9 Å². The molecule has 1 unspecified atom stereocenters. The number of H-pyrrole nitrogens is 1. The lowest BCUT2D eigenvalue weighted by atomic mass is 10.2. The van der Waals surface area contributed by atoms with Crippen LogP contribution >= 0.6 is 34.4 Å². The average molecular weight is 382 g/mol. The van der Waals surface area contributed by atoms with E-state index < -0.39 is 0 Å². The zero-order valence-corrected chi connectivity index (χ0v) is 15.7. The number of nitrogens with one attached hydrogen (secondary N) is 2. The van der Waals surface area contributed by atoms with Crippen LogP contribution < -0.4 is 10.9 Å². The number of hydrogen-bond donors (Lipinski definition) is 2. The number of amides is 1. The zero-order chi connectivity index (χ0) is 17.3. The lowest BCUT2D eigenvalue weighted by molar-refractivity contribution is -0.115. The van der Waals surface area contributed by atoms with E-state index in [1.165, 1.54) is 34.4 Å². The SMILES string of the molecule is Cc1sc2nc(CSC(C)C(=O)Nc3nncs3)[nH]c(=O)c2c1C. The maximum Gasteiger partial charge on any atom is 0.259 e. The van der Waals surface area contributed by atoms with E-state index in [1.807, 2.05) is 13.8 Å². The topological polar surface area (TPSA) is 101 Å². The minimum Gasteiger partial charge on any atom is -0.309 e. The van der Waals surface area contributed by atoms with E-state index in [2.05, 4.69) is 25.5 Å². The van der Waals surface area contributed by atoms with Crippen LogP contribution in [0.25, 0.3) is 10.2 Å². The second-order valence-corrected chi connectivity index (χ2v) is 8.53. The molecule has 2 N–H and O–H groups in total. The van der Waals surface area contributed by atoms with Gasteiger partial charge < -0.3 is 4.98 Å². The molecule has 0 aliphatic heterocycles. The monoisotopic (exact) mass is 381 g/mol. The fourth-order valence-electron chi connectivity index (χ4n) is 2.08. The maximum atomic E-state index is 12.2. The Bertz CT molecular complexity index is 932. The molecule has 0 spiro atoms. The van der Waals surface area contributed by atoms with Gasteiger partial charge >= 0.3 is 0 Å². The van der Waals surface area contributed by atoms with Crippen molar-refractivity contribution in [2.24, 2.45) is 0 Å². The molecule has 3 rings (SSSR count). The molecule has 10 heteroatoms.